The lowest BCUT2D eigenvalue weighted by molar-refractivity contribution is 0.398. The van der Waals surface area contributed by atoms with Gasteiger partial charge in [0.2, 0.25) is 10.0 Å². The third-order valence-corrected chi connectivity index (χ3v) is 6.55. The number of nitrogens with zero attached hydrogens (tertiary/aromatic N) is 1. The van der Waals surface area contributed by atoms with Gasteiger partial charge in [0.25, 0.3) is 0 Å². The lowest BCUT2D eigenvalue weighted by atomic mass is 10.2. The molecule has 0 atom stereocenters. The van der Waals surface area contributed by atoms with Crippen molar-refractivity contribution in [3.8, 4) is 0 Å². The van der Waals surface area contributed by atoms with Gasteiger partial charge in [-0.15, -0.1) is 0 Å². The van der Waals surface area contributed by atoms with Gasteiger partial charge in [0.05, 0.1) is 10.0 Å². The minimum Gasteiger partial charge on any atom is -0.207 e. The molecule has 0 aliphatic heterocycles. The van der Waals surface area contributed by atoms with Crippen LogP contribution < -0.4 is 0 Å². The molecule has 0 radical (unpaired) electrons. The monoisotopic (exact) mass is 373 g/mol. The van der Waals surface area contributed by atoms with Crippen molar-refractivity contribution in [2.45, 2.75) is 30.3 Å². The molecule has 2 aromatic carbocycles. The Balaban J connectivity index is 1.99. The number of rotatable bonds is 5. The summed E-state index contributed by atoms with van der Waals surface area (Å²) in [6.07, 6.45) is 1.59. The van der Waals surface area contributed by atoms with Crippen LogP contribution in [0.2, 0.25) is 10.0 Å². The fourth-order valence-corrected chi connectivity index (χ4v) is 5.16. The third kappa shape index (κ3) is 3.53. The first kappa shape index (κ1) is 16.7. The summed E-state index contributed by atoms with van der Waals surface area (Å²) in [6.45, 7) is 0.162. The normalized spacial score (nSPS) is 15.1. The summed E-state index contributed by atoms with van der Waals surface area (Å²) < 4.78 is 40.4. The Morgan fingerprint density at radius 1 is 1.04 bits per heavy atom. The van der Waals surface area contributed by atoms with Crippen LogP contribution in [-0.2, 0) is 16.6 Å². The van der Waals surface area contributed by atoms with E-state index in [1.807, 2.05) is 0 Å². The average molecular weight is 374 g/mol. The molecule has 0 amide bonds. The summed E-state index contributed by atoms with van der Waals surface area (Å²) in [7, 11) is -3.83. The van der Waals surface area contributed by atoms with Gasteiger partial charge in [0.1, 0.15) is 10.7 Å². The molecule has 1 fully saturated rings. The molecule has 0 saturated heterocycles. The molecule has 0 spiro atoms. The maximum absolute atomic E-state index is 13.0. The summed E-state index contributed by atoms with van der Waals surface area (Å²) in [5.41, 5.74) is 0.713. The second-order valence-electron chi connectivity index (χ2n) is 5.46. The predicted octanol–water partition coefficient (Wildman–Crippen LogP) is 4.49. The van der Waals surface area contributed by atoms with Gasteiger partial charge >= 0.3 is 0 Å². The molecule has 3 nitrogen and oxygen atoms in total. The van der Waals surface area contributed by atoms with Gasteiger partial charge < -0.3 is 0 Å². The molecule has 122 valence electrons. The van der Waals surface area contributed by atoms with Crippen LogP contribution in [-0.4, -0.2) is 18.8 Å². The molecular formula is C16H14Cl2FNO2S. The molecule has 0 N–H and O–H groups in total. The summed E-state index contributed by atoms with van der Waals surface area (Å²) in [5.74, 6) is -0.358. The number of sulfonamides is 1. The van der Waals surface area contributed by atoms with E-state index in [2.05, 4.69) is 0 Å². The molecule has 0 aromatic heterocycles. The summed E-state index contributed by atoms with van der Waals surface area (Å²) in [5, 5.41) is 0.199. The van der Waals surface area contributed by atoms with E-state index in [1.165, 1.54) is 28.6 Å². The molecule has 1 saturated carbocycles. The Bertz CT molecular complexity index is 800. The Hall–Kier alpha value is -1.14. The highest BCUT2D eigenvalue weighted by molar-refractivity contribution is 7.89. The van der Waals surface area contributed by atoms with Crippen molar-refractivity contribution in [2.24, 2.45) is 0 Å². The smallest absolute Gasteiger partial charge is 0.207 e. The molecule has 1 aliphatic carbocycles. The maximum Gasteiger partial charge on any atom is 0.246 e. The van der Waals surface area contributed by atoms with Crippen LogP contribution in [0.25, 0.3) is 0 Å². The van der Waals surface area contributed by atoms with Crippen LogP contribution in [0.15, 0.2) is 47.4 Å². The second kappa shape index (κ2) is 6.40. The second-order valence-corrected chi connectivity index (χ2v) is 8.10. The van der Waals surface area contributed by atoms with E-state index in [-0.39, 0.29) is 33.3 Å². The molecule has 0 bridgehead atoms. The zero-order valence-corrected chi connectivity index (χ0v) is 14.4. The molecular weight excluding hydrogens is 360 g/mol. The van der Waals surface area contributed by atoms with Gasteiger partial charge in [0, 0.05) is 12.6 Å². The van der Waals surface area contributed by atoms with Gasteiger partial charge in [-0.25, -0.2) is 12.8 Å². The Morgan fingerprint density at radius 3 is 2.13 bits per heavy atom. The number of hydrogen-bond donors (Lipinski definition) is 0. The molecule has 23 heavy (non-hydrogen) atoms. The first-order valence-electron chi connectivity index (χ1n) is 7.10. The van der Waals surface area contributed by atoms with E-state index in [0.717, 1.165) is 12.8 Å². The van der Waals surface area contributed by atoms with Gasteiger partial charge in [-0.1, -0.05) is 41.4 Å². The third-order valence-electron chi connectivity index (χ3n) is 3.69. The quantitative estimate of drug-likeness (QED) is 0.774. The Labute approximate surface area is 144 Å². The Morgan fingerprint density at radius 2 is 1.61 bits per heavy atom. The first-order valence-corrected chi connectivity index (χ1v) is 9.29. The lowest BCUT2D eigenvalue weighted by Gasteiger charge is -2.23. The maximum atomic E-state index is 13.0. The number of hydrogen-bond acceptors (Lipinski definition) is 2. The van der Waals surface area contributed by atoms with E-state index in [0.29, 0.717) is 5.56 Å². The van der Waals surface area contributed by atoms with Crippen molar-refractivity contribution in [2.75, 3.05) is 0 Å². The van der Waals surface area contributed by atoms with E-state index < -0.39 is 10.0 Å². The molecule has 0 unspecified atom stereocenters. The van der Waals surface area contributed by atoms with Crippen molar-refractivity contribution in [3.63, 3.8) is 0 Å². The zero-order valence-electron chi connectivity index (χ0n) is 12.0. The SMILES string of the molecule is O=S(=O)(c1c(Cl)cccc1Cl)N(Cc1ccc(F)cc1)C1CC1. The topological polar surface area (TPSA) is 37.4 Å². The fraction of sp³-hybridized carbons (Fsp3) is 0.250. The lowest BCUT2D eigenvalue weighted by Crippen LogP contribution is -2.33. The van der Waals surface area contributed by atoms with Gasteiger partial charge in [0.15, 0.2) is 0 Å². The van der Waals surface area contributed by atoms with Crippen LogP contribution in [0.5, 0.6) is 0 Å². The molecule has 3 rings (SSSR count). The zero-order chi connectivity index (χ0) is 16.6. The minimum absolute atomic E-state index is 0.0719. The first-order chi connectivity index (χ1) is 10.9. The molecule has 0 heterocycles. The van der Waals surface area contributed by atoms with E-state index in [9.17, 15) is 12.8 Å². The van der Waals surface area contributed by atoms with Crippen molar-refractivity contribution in [1.29, 1.82) is 0 Å². The van der Waals surface area contributed by atoms with Gasteiger partial charge in [-0.05, 0) is 42.7 Å². The van der Waals surface area contributed by atoms with E-state index in [4.69, 9.17) is 23.2 Å². The largest absolute Gasteiger partial charge is 0.246 e. The minimum atomic E-state index is -3.83. The summed E-state index contributed by atoms with van der Waals surface area (Å²) in [4.78, 5) is -0.0719. The molecule has 7 heteroatoms. The van der Waals surface area contributed by atoms with Crippen LogP contribution in [0.1, 0.15) is 18.4 Å². The van der Waals surface area contributed by atoms with Crippen LogP contribution in [0, 0.1) is 5.82 Å². The summed E-state index contributed by atoms with van der Waals surface area (Å²) >= 11 is 12.1. The van der Waals surface area contributed by atoms with Crippen LogP contribution in [0.3, 0.4) is 0 Å². The van der Waals surface area contributed by atoms with Crippen LogP contribution >= 0.6 is 23.2 Å². The van der Waals surface area contributed by atoms with Gasteiger partial charge in [-0.2, -0.15) is 4.31 Å². The summed E-state index contributed by atoms with van der Waals surface area (Å²) in [6, 6.07) is 10.3. The number of benzene rings is 2. The van der Waals surface area contributed by atoms with Gasteiger partial charge in [-0.3, -0.25) is 0 Å². The van der Waals surface area contributed by atoms with E-state index in [1.54, 1.807) is 18.2 Å². The van der Waals surface area contributed by atoms with Crippen LogP contribution in [0.4, 0.5) is 4.39 Å². The molecule has 2 aromatic rings. The van der Waals surface area contributed by atoms with Crippen molar-refractivity contribution >= 4 is 33.2 Å². The van der Waals surface area contributed by atoms with Crippen molar-refractivity contribution in [3.05, 3.63) is 63.9 Å². The van der Waals surface area contributed by atoms with Crippen molar-refractivity contribution in [1.82, 2.24) is 4.31 Å². The Kier molecular flexibility index (Phi) is 4.65. The van der Waals surface area contributed by atoms with Crippen molar-refractivity contribution < 1.29 is 12.8 Å². The van der Waals surface area contributed by atoms with E-state index >= 15 is 0 Å². The highest BCUT2D eigenvalue weighted by Gasteiger charge is 2.39. The highest BCUT2D eigenvalue weighted by Crippen LogP contribution is 2.38. The predicted molar refractivity (Wildman–Crippen MR) is 88.6 cm³/mol. The average Bonchev–Trinajstić information content (AvgIpc) is 3.30. The standard InChI is InChI=1S/C16H14Cl2FNO2S/c17-14-2-1-3-15(18)16(14)23(21,22)20(13-8-9-13)10-11-4-6-12(19)7-5-11/h1-7,13H,8-10H2. The highest BCUT2D eigenvalue weighted by atomic mass is 35.5. The fourth-order valence-electron chi connectivity index (χ4n) is 2.39. The molecule has 1 aliphatic rings. The number of halogens is 3.